The average Bonchev–Trinajstić information content (AvgIpc) is 2.61. The lowest BCUT2D eigenvalue weighted by Crippen LogP contribution is -2.15. The molecule has 0 unspecified atom stereocenters. The van der Waals surface area contributed by atoms with Gasteiger partial charge in [0.1, 0.15) is 5.82 Å². The Morgan fingerprint density at radius 3 is 2.46 bits per heavy atom. The lowest BCUT2D eigenvalue weighted by atomic mass is 10.2. The number of nitrogens with one attached hydrogen (secondary N) is 1. The zero-order valence-electron chi connectivity index (χ0n) is 13.5. The van der Waals surface area contributed by atoms with Crippen LogP contribution in [0.15, 0.2) is 65.7 Å². The van der Waals surface area contributed by atoms with Gasteiger partial charge in [0.15, 0.2) is 0 Å². The fraction of sp³-hybridized carbons (Fsp3) is 0. The Kier molecular flexibility index (Phi) is 4.94. The smallest absolute Gasteiger partial charge is 0.264 e. The van der Waals surface area contributed by atoms with Crippen LogP contribution in [0.25, 0.3) is 12.2 Å². The molecule has 132 valence electrons. The highest BCUT2D eigenvalue weighted by atomic mass is 32.2. The monoisotopic (exact) mass is 370 g/mol. The quantitative estimate of drug-likeness (QED) is 0.672. The lowest BCUT2D eigenvalue weighted by molar-refractivity contribution is 0.601. The maximum Gasteiger partial charge on any atom is 0.264 e. The van der Waals surface area contributed by atoms with Gasteiger partial charge >= 0.3 is 0 Å². The molecule has 3 N–H and O–H groups in total. The Labute approximate surface area is 150 Å². The van der Waals surface area contributed by atoms with Crippen LogP contribution in [0.5, 0.6) is 0 Å². The normalized spacial score (nSPS) is 11.6. The summed E-state index contributed by atoms with van der Waals surface area (Å²) in [5.41, 5.74) is 6.85. The standard InChI is InChI=1S/C18H15FN4O2S/c19-17-4-2-1-3-13(17)5-8-15-11-12-21-18(22-15)23-26(24,25)16-9-6-14(20)7-10-16/h1-12H,20H2,(H,21,22,23). The minimum absolute atomic E-state index is 0.0441. The van der Waals surface area contributed by atoms with Gasteiger partial charge in [-0.15, -0.1) is 0 Å². The molecule has 3 aromatic rings. The number of nitrogen functional groups attached to an aromatic ring is 1. The average molecular weight is 370 g/mol. The minimum atomic E-state index is -3.84. The number of hydrogen-bond donors (Lipinski definition) is 2. The minimum Gasteiger partial charge on any atom is -0.399 e. The first kappa shape index (κ1) is 17.6. The van der Waals surface area contributed by atoms with Gasteiger partial charge in [-0.2, -0.15) is 0 Å². The van der Waals surface area contributed by atoms with Crippen LogP contribution in [0, 0.1) is 5.82 Å². The van der Waals surface area contributed by atoms with E-state index in [4.69, 9.17) is 5.73 Å². The summed E-state index contributed by atoms with van der Waals surface area (Å²) in [5, 5.41) is 0. The van der Waals surface area contributed by atoms with Crippen molar-refractivity contribution in [3.8, 4) is 0 Å². The highest BCUT2D eigenvalue weighted by Gasteiger charge is 2.15. The largest absolute Gasteiger partial charge is 0.399 e. The second-order valence-corrected chi connectivity index (χ2v) is 7.02. The third-order valence-electron chi connectivity index (χ3n) is 3.43. The molecule has 6 nitrogen and oxygen atoms in total. The van der Waals surface area contributed by atoms with Crippen molar-refractivity contribution in [2.45, 2.75) is 4.90 Å². The summed E-state index contributed by atoms with van der Waals surface area (Å²) in [5.74, 6) is -0.445. The number of benzene rings is 2. The maximum atomic E-state index is 13.6. The molecule has 0 bridgehead atoms. The van der Waals surface area contributed by atoms with Gasteiger partial charge < -0.3 is 5.73 Å². The molecule has 0 spiro atoms. The predicted octanol–water partition coefficient (Wildman–Crippen LogP) is 3.17. The summed E-state index contributed by atoms with van der Waals surface area (Å²) in [6.07, 6.45) is 4.53. The maximum absolute atomic E-state index is 13.6. The first-order valence-electron chi connectivity index (χ1n) is 7.58. The molecule has 1 aromatic heterocycles. The number of halogens is 1. The van der Waals surface area contributed by atoms with E-state index in [1.54, 1.807) is 36.4 Å². The topological polar surface area (TPSA) is 98.0 Å². The van der Waals surface area contributed by atoms with Crippen LogP contribution < -0.4 is 10.5 Å². The number of anilines is 2. The Hall–Kier alpha value is -3.26. The van der Waals surface area contributed by atoms with Crippen molar-refractivity contribution in [2.24, 2.45) is 0 Å². The van der Waals surface area contributed by atoms with Gasteiger partial charge in [0.2, 0.25) is 5.95 Å². The second-order valence-electron chi connectivity index (χ2n) is 5.33. The molecule has 8 heteroatoms. The number of nitrogens with two attached hydrogens (primary N) is 1. The van der Waals surface area contributed by atoms with Crippen molar-refractivity contribution < 1.29 is 12.8 Å². The zero-order valence-corrected chi connectivity index (χ0v) is 14.3. The van der Waals surface area contributed by atoms with Crippen molar-refractivity contribution in [1.29, 1.82) is 0 Å². The van der Waals surface area contributed by atoms with Gasteiger partial charge in [0, 0.05) is 17.4 Å². The van der Waals surface area contributed by atoms with Crippen LogP contribution in [-0.2, 0) is 10.0 Å². The number of sulfonamides is 1. The Morgan fingerprint density at radius 1 is 1.00 bits per heavy atom. The van der Waals surface area contributed by atoms with Crippen molar-refractivity contribution >= 4 is 33.8 Å². The molecule has 0 saturated heterocycles. The Morgan fingerprint density at radius 2 is 1.73 bits per heavy atom. The third-order valence-corrected chi connectivity index (χ3v) is 4.78. The highest BCUT2D eigenvalue weighted by molar-refractivity contribution is 7.92. The number of aromatic nitrogens is 2. The second kappa shape index (κ2) is 7.32. The molecule has 0 aliphatic carbocycles. The van der Waals surface area contributed by atoms with E-state index in [1.165, 1.54) is 36.5 Å². The summed E-state index contributed by atoms with van der Waals surface area (Å²) in [6, 6.07) is 13.6. The van der Waals surface area contributed by atoms with Gasteiger partial charge in [-0.25, -0.2) is 27.5 Å². The van der Waals surface area contributed by atoms with Crippen LogP contribution in [0.4, 0.5) is 16.0 Å². The van der Waals surface area contributed by atoms with Crippen LogP contribution in [-0.4, -0.2) is 18.4 Å². The van der Waals surface area contributed by atoms with E-state index in [0.29, 0.717) is 16.9 Å². The van der Waals surface area contributed by atoms with Crippen molar-refractivity contribution in [1.82, 2.24) is 9.97 Å². The summed E-state index contributed by atoms with van der Waals surface area (Å²) >= 11 is 0. The van der Waals surface area contributed by atoms with Crippen molar-refractivity contribution in [3.63, 3.8) is 0 Å². The van der Waals surface area contributed by atoms with Crippen LogP contribution in [0.2, 0.25) is 0 Å². The van der Waals surface area contributed by atoms with Crippen molar-refractivity contribution in [3.05, 3.63) is 77.9 Å². The van der Waals surface area contributed by atoms with E-state index >= 15 is 0 Å². The van der Waals surface area contributed by atoms with Crippen LogP contribution in [0.3, 0.4) is 0 Å². The molecule has 0 atom stereocenters. The lowest BCUT2D eigenvalue weighted by Gasteiger charge is -2.07. The van der Waals surface area contributed by atoms with E-state index in [1.807, 2.05) is 0 Å². The first-order chi connectivity index (χ1) is 12.4. The summed E-state index contributed by atoms with van der Waals surface area (Å²) in [4.78, 5) is 8.06. The molecular weight excluding hydrogens is 355 g/mol. The fourth-order valence-corrected chi connectivity index (χ4v) is 3.08. The van der Waals surface area contributed by atoms with Gasteiger partial charge in [-0.1, -0.05) is 18.2 Å². The highest BCUT2D eigenvalue weighted by Crippen LogP contribution is 2.16. The molecule has 0 saturated carbocycles. The first-order valence-corrected chi connectivity index (χ1v) is 9.06. The van der Waals surface area contributed by atoms with E-state index in [-0.39, 0.29) is 16.7 Å². The SMILES string of the molecule is Nc1ccc(S(=O)(=O)Nc2nccc(C=Cc3ccccc3F)n2)cc1. The van der Waals surface area contributed by atoms with E-state index < -0.39 is 10.0 Å². The molecule has 0 radical (unpaired) electrons. The summed E-state index contributed by atoms with van der Waals surface area (Å²) < 4.78 is 40.6. The Balaban J connectivity index is 1.81. The van der Waals surface area contributed by atoms with E-state index in [9.17, 15) is 12.8 Å². The van der Waals surface area contributed by atoms with Crippen LogP contribution >= 0.6 is 0 Å². The number of nitrogens with zero attached hydrogens (tertiary/aromatic N) is 2. The summed E-state index contributed by atoms with van der Waals surface area (Å²) in [6.45, 7) is 0. The molecule has 0 aliphatic heterocycles. The van der Waals surface area contributed by atoms with E-state index in [0.717, 1.165) is 0 Å². The van der Waals surface area contributed by atoms with Crippen LogP contribution in [0.1, 0.15) is 11.3 Å². The number of rotatable bonds is 5. The van der Waals surface area contributed by atoms with Gasteiger partial charge in [-0.05, 0) is 48.6 Å². The molecule has 3 rings (SSSR count). The zero-order chi connectivity index (χ0) is 18.6. The predicted molar refractivity (Wildman–Crippen MR) is 99.0 cm³/mol. The third kappa shape index (κ3) is 4.22. The Bertz CT molecular complexity index is 1050. The fourth-order valence-electron chi connectivity index (χ4n) is 2.13. The molecule has 0 aliphatic rings. The van der Waals surface area contributed by atoms with Gasteiger partial charge in [-0.3, -0.25) is 0 Å². The molecule has 2 aromatic carbocycles. The molecular formula is C18H15FN4O2S. The number of hydrogen-bond acceptors (Lipinski definition) is 5. The molecule has 0 amide bonds. The summed E-state index contributed by atoms with van der Waals surface area (Å²) in [7, 11) is -3.84. The van der Waals surface area contributed by atoms with E-state index in [2.05, 4.69) is 14.7 Å². The molecule has 1 heterocycles. The van der Waals surface area contributed by atoms with Gasteiger partial charge in [0.05, 0.1) is 10.6 Å². The molecule has 0 fully saturated rings. The molecule has 26 heavy (non-hydrogen) atoms. The van der Waals surface area contributed by atoms with Gasteiger partial charge in [0.25, 0.3) is 10.0 Å². The van der Waals surface area contributed by atoms with Crippen molar-refractivity contribution in [2.75, 3.05) is 10.5 Å².